The molecule has 0 unspecified atom stereocenters. The van der Waals surface area contributed by atoms with E-state index < -0.39 is 17.2 Å². The van der Waals surface area contributed by atoms with Gasteiger partial charge in [-0.05, 0) is 45.4 Å². The van der Waals surface area contributed by atoms with Crippen LogP contribution < -0.4 is 0 Å². The molecule has 0 amide bonds. The van der Waals surface area contributed by atoms with Crippen molar-refractivity contribution in [3.05, 3.63) is 0 Å². The molecule has 0 aromatic rings. The average Bonchev–Trinajstić information content (AvgIpc) is 2.53. The van der Waals surface area contributed by atoms with Crippen molar-refractivity contribution in [2.75, 3.05) is 0 Å². The zero-order valence-corrected chi connectivity index (χ0v) is 15.2. The Kier molecular flexibility index (Phi) is 6.48. The highest BCUT2D eigenvalue weighted by Crippen LogP contribution is 2.38. The molecule has 0 heterocycles. The molecule has 2 aliphatic carbocycles. The number of rotatable bonds is 7. The Hall–Kier alpha value is -0.200. The predicted molar refractivity (Wildman–Crippen MR) is 87.1 cm³/mol. The van der Waals surface area contributed by atoms with E-state index in [2.05, 4.69) is 13.8 Å². The molecule has 0 aromatic carbocycles. The largest absolute Gasteiger partial charge is 0.363 e. The van der Waals surface area contributed by atoms with Gasteiger partial charge >= 0.3 is 0 Å². The van der Waals surface area contributed by atoms with Gasteiger partial charge in [0, 0.05) is 25.7 Å². The van der Waals surface area contributed by atoms with Crippen molar-refractivity contribution in [1.82, 2.24) is 0 Å². The first-order valence-electron chi connectivity index (χ1n) is 9.23. The highest BCUT2D eigenvalue weighted by Gasteiger charge is 2.43. The minimum atomic E-state index is -1.18. The van der Waals surface area contributed by atoms with Crippen molar-refractivity contribution in [2.45, 2.75) is 109 Å². The van der Waals surface area contributed by atoms with Crippen LogP contribution in [0.25, 0.3) is 0 Å². The maximum Gasteiger partial charge on any atom is 0.234 e. The molecule has 0 atom stereocenters. The Morgan fingerprint density at radius 1 is 0.783 bits per heavy atom. The molecule has 0 aliphatic heterocycles. The molecule has 5 nitrogen and oxygen atoms in total. The van der Waals surface area contributed by atoms with Gasteiger partial charge in [-0.15, -0.1) is 0 Å². The van der Waals surface area contributed by atoms with Gasteiger partial charge in [0.2, 0.25) is 5.79 Å². The van der Waals surface area contributed by atoms with Crippen molar-refractivity contribution in [2.24, 2.45) is 5.92 Å². The first-order chi connectivity index (χ1) is 10.8. The minimum Gasteiger partial charge on any atom is -0.363 e. The van der Waals surface area contributed by atoms with Crippen molar-refractivity contribution < 1.29 is 24.7 Å². The van der Waals surface area contributed by atoms with Crippen LogP contribution in [0.3, 0.4) is 0 Å². The quantitative estimate of drug-likeness (QED) is 0.419. The molecular weight excluding hydrogens is 296 g/mol. The molecular formula is C18H34O5. The van der Waals surface area contributed by atoms with Crippen LogP contribution in [0, 0.1) is 5.92 Å². The number of hydrogen-bond donors (Lipinski definition) is 1. The summed E-state index contributed by atoms with van der Waals surface area (Å²) in [5, 5.41) is 10.5. The zero-order valence-electron chi connectivity index (χ0n) is 15.2. The van der Waals surface area contributed by atoms with E-state index in [1.54, 1.807) is 0 Å². The summed E-state index contributed by atoms with van der Waals surface area (Å²) in [6, 6.07) is 0. The van der Waals surface area contributed by atoms with E-state index in [-0.39, 0.29) is 0 Å². The first kappa shape index (κ1) is 19.1. The second-order valence-electron chi connectivity index (χ2n) is 8.07. The molecule has 0 spiro atoms. The topological polar surface area (TPSA) is 57.2 Å². The summed E-state index contributed by atoms with van der Waals surface area (Å²) in [5.74, 6) is -1.77. The third-order valence-electron chi connectivity index (χ3n) is 5.40. The second kappa shape index (κ2) is 7.79. The predicted octanol–water partition coefficient (Wildman–Crippen LogP) is 4.63. The van der Waals surface area contributed by atoms with E-state index in [4.69, 9.17) is 19.6 Å². The van der Waals surface area contributed by atoms with Gasteiger partial charge in [-0.1, -0.05) is 26.7 Å². The second-order valence-corrected chi connectivity index (χ2v) is 8.07. The first-order valence-corrected chi connectivity index (χ1v) is 9.23. The van der Waals surface area contributed by atoms with Gasteiger partial charge in [0.25, 0.3) is 0 Å². The van der Waals surface area contributed by atoms with Gasteiger partial charge in [-0.2, -0.15) is 14.7 Å². The molecule has 5 heteroatoms. The third-order valence-corrected chi connectivity index (χ3v) is 5.40. The van der Waals surface area contributed by atoms with Crippen molar-refractivity contribution in [3.63, 3.8) is 0 Å². The maximum absolute atomic E-state index is 10.5. The summed E-state index contributed by atoms with van der Waals surface area (Å²) in [7, 11) is 0. The fourth-order valence-electron chi connectivity index (χ4n) is 2.89. The molecule has 2 rings (SSSR count). The van der Waals surface area contributed by atoms with Crippen LogP contribution in [0.1, 0.15) is 91.9 Å². The lowest BCUT2D eigenvalue weighted by Gasteiger charge is -2.40. The third kappa shape index (κ3) is 5.40. The highest BCUT2D eigenvalue weighted by molar-refractivity contribution is 4.76. The fourth-order valence-corrected chi connectivity index (χ4v) is 2.89. The lowest BCUT2D eigenvalue weighted by molar-refractivity contribution is -0.568. The molecule has 0 saturated heterocycles. The van der Waals surface area contributed by atoms with E-state index in [1.165, 1.54) is 0 Å². The Morgan fingerprint density at radius 2 is 1.30 bits per heavy atom. The number of hydrogen-bond acceptors (Lipinski definition) is 5. The summed E-state index contributed by atoms with van der Waals surface area (Å²) in [6.07, 6.45) is 8.90. The minimum absolute atomic E-state index is 0.312. The fraction of sp³-hybridized carbons (Fsp3) is 1.00. The highest BCUT2D eigenvalue weighted by atomic mass is 17.3. The maximum atomic E-state index is 10.5. The van der Waals surface area contributed by atoms with Gasteiger partial charge in [-0.25, -0.2) is 4.89 Å². The van der Waals surface area contributed by atoms with E-state index >= 15 is 0 Å². The molecule has 0 radical (unpaired) electrons. The Balaban J connectivity index is 1.95. The summed E-state index contributed by atoms with van der Waals surface area (Å²) >= 11 is 0. The summed E-state index contributed by atoms with van der Waals surface area (Å²) in [6.45, 7) is 8.20. The van der Waals surface area contributed by atoms with Crippen LogP contribution in [-0.4, -0.2) is 22.3 Å². The van der Waals surface area contributed by atoms with E-state index in [9.17, 15) is 5.11 Å². The standard InChI is InChI=1S/C18H34O5/c1-15(2)16(3,4)20-22-18(13-9-6-10-14-18)23-21-17(19)11-7-5-8-12-17/h15,19H,5-14H2,1-4H3. The Labute approximate surface area is 140 Å². The lowest BCUT2D eigenvalue weighted by Crippen LogP contribution is -2.46. The van der Waals surface area contributed by atoms with Gasteiger partial charge in [-0.3, -0.25) is 0 Å². The lowest BCUT2D eigenvalue weighted by atomic mass is 9.94. The average molecular weight is 330 g/mol. The van der Waals surface area contributed by atoms with E-state index in [1.807, 2.05) is 13.8 Å². The van der Waals surface area contributed by atoms with Crippen LogP contribution in [-0.2, 0) is 19.6 Å². The van der Waals surface area contributed by atoms with Crippen LogP contribution in [0.4, 0.5) is 0 Å². The summed E-state index contributed by atoms with van der Waals surface area (Å²) in [4.78, 5) is 22.7. The van der Waals surface area contributed by atoms with Crippen molar-refractivity contribution in [1.29, 1.82) is 0 Å². The smallest absolute Gasteiger partial charge is 0.234 e. The normalized spacial score (nSPS) is 24.8. The Bertz CT molecular complexity index is 354. The molecule has 0 bridgehead atoms. The van der Waals surface area contributed by atoms with Gasteiger partial charge in [0.05, 0.1) is 0 Å². The van der Waals surface area contributed by atoms with E-state index in [0.717, 1.165) is 51.4 Å². The molecule has 136 valence electrons. The Morgan fingerprint density at radius 3 is 1.83 bits per heavy atom. The van der Waals surface area contributed by atoms with E-state index in [0.29, 0.717) is 18.8 Å². The van der Waals surface area contributed by atoms with Gasteiger partial charge in [0.15, 0.2) is 5.79 Å². The molecule has 2 saturated carbocycles. The molecule has 2 aliphatic rings. The molecule has 0 aromatic heterocycles. The molecule has 23 heavy (non-hydrogen) atoms. The van der Waals surface area contributed by atoms with Crippen LogP contribution in [0.15, 0.2) is 0 Å². The van der Waals surface area contributed by atoms with Crippen molar-refractivity contribution >= 4 is 0 Å². The summed E-state index contributed by atoms with van der Waals surface area (Å²) in [5.41, 5.74) is -0.407. The van der Waals surface area contributed by atoms with Gasteiger partial charge in [0.1, 0.15) is 5.60 Å². The summed E-state index contributed by atoms with van der Waals surface area (Å²) < 4.78 is 0. The van der Waals surface area contributed by atoms with Gasteiger partial charge < -0.3 is 5.11 Å². The molecule has 2 fully saturated rings. The van der Waals surface area contributed by atoms with Crippen molar-refractivity contribution in [3.8, 4) is 0 Å². The van der Waals surface area contributed by atoms with Crippen LogP contribution in [0.5, 0.6) is 0 Å². The SMILES string of the molecule is CC(C)C(C)(C)OOC1(OOC2(O)CCCCC2)CCCCC1. The molecule has 1 N–H and O–H groups in total. The number of aliphatic hydroxyl groups is 1. The van der Waals surface area contributed by atoms with Crippen LogP contribution >= 0.6 is 0 Å². The monoisotopic (exact) mass is 330 g/mol. The van der Waals surface area contributed by atoms with Crippen LogP contribution in [0.2, 0.25) is 0 Å². The zero-order chi connectivity index (χ0) is 17.0.